The SMILES string of the molecule is CCOP(=O)(C#Cc1ccc(Br)cc1)OCC. The van der Waals surface area contributed by atoms with E-state index in [0.29, 0.717) is 13.2 Å². The fourth-order valence-corrected chi connectivity index (χ4v) is 2.52. The van der Waals surface area contributed by atoms with Gasteiger partial charge >= 0.3 is 7.60 Å². The maximum atomic E-state index is 12.0. The Morgan fingerprint density at radius 1 is 1.18 bits per heavy atom. The molecule has 0 radical (unpaired) electrons. The smallest absolute Gasteiger partial charge is 0.300 e. The van der Waals surface area contributed by atoms with E-state index in [2.05, 4.69) is 27.5 Å². The Morgan fingerprint density at radius 2 is 1.71 bits per heavy atom. The van der Waals surface area contributed by atoms with Crippen molar-refractivity contribution in [3.8, 4) is 11.6 Å². The molecular weight excluding hydrogens is 303 g/mol. The molecule has 0 saturated heterocycles. The van der Waals surface area contributed by atoms with Crippen LogP contribution in [0.25, 0.3) is 0 Å². The van der Waals surface area contributed by atoms with Gasteiger partial charge in [0.2, 0.25) is 0 Å². The van der Waals surface area contributed by atoms with E-state index in [0.717, 1.165) is 10.0 Å². The maximum absolute atomic E-state index is 12.0. The lowest BCUT2D eigenvalue weighted by Gasteiger charge is -2.09. The van der Waals surface area contributed by atoms with Gasteiger partial charge in [-0.1, -0.05) is 21.9 Å². The Bertz CT molecular complexity index is 449. The first-order valence-electron chi connectivity index (χ1n) is 5.27. The van der Waals surface area contributed by atoms with E-state index >= 15 is 0 Å². The highest BCUT2D eigenvalue weighted by Crippen LogP contribution is 2.46. The standard InChI is InChI=1S/C12H14BrO3P/c1-3-15-17(14,16-4-2)10-9-11-5-7-12(13)8-6-11/h5-8H,3-4H2,1-2H3. The Labute approximate surface area is 110 Å². The number of rotatable bonds is 4. The minimum atomic E-state index is -3.27. The zero-order valence-corrected chi connectivity index (χ0v) is 12.3. The van der Waals surface area contributed by atoms with Crippen molar-refractivity contribution < 1.29 is 13.6 Å². The first-order valence-corrected chi connectivity index (χ1v) is 7.61. The second-order valence-electron chi connectivity index (χ2n) is 3.08. The Kier molecular flexibility index (Phi) is 5.94. The predicted octanol–water partition coefficient (Wildman–Crippen LogP) is 4.02. The molecule has 1 aromatic rings. The van der Waals surface area contributed by atoms with Gasteiger partial charge in [0.05, 0.1) is 13.2 Å². The van der Waals surface area contributed by atoms with Crippen molar-refractivity contribution in [1.82, 2.24) is 0 Å². The second-order valence-corrected chi connectivity index (χ2v) is 5.73. The molecule has 0 aromatic heterocycles. The number of hydrogen-bond acceptors (Lipinski definition) is 3. The molecule has 1 rings (SSSR count). The third-order valence-corrected chi connectivity index (χ3v) is 3.89. The third kappa shape index (κ3) is 5.06. The summed E-state index contributed by atoms with van der Waals surface area (Å²) in [5.41, 5.74) is 3.35. The van der Waals surface area contributed by atoms with Crippen LogP contribution in [-0.2, 0) is 13.6 Å². The molecule has 1 aromatic carbocycles. The van der Waals surface area contributed by atoms with E-state index in [9.17, 15) is 4.57 Å². The van der Waals surface area contributed by atoms with Crippen LogP contribution in [-0.4, -0.2) is 13.2 Å². The maximum Gasteiger partial charge on any atom is 0.405 e. The summed E-state index contributed by atoms with van der Waals surface area (Å²) in [5, 5.41) is 0. The molecule has 0 fully saturated rings. The van der Waals surface area contributed by atoms with E-state index in [1.54, 1.807) is 13.8 Å². The molecule has 0 aliphatic carbocycles. The summed E-state index contributed by atoms with van der Waals surface area (Å²) in [4.78, 5) is 0. The van der Waals surface area contributed by atoms with Crippen molar-refractivity contribution in [1.29, 1.82) is 0 Å². The number of benzene rings is 1. The molecule has 0 unspecified atom stereocenters. The van der Waals surface area contributed by atoms with Gasteiger partial charge in [-0.2, -0.15) is 0 Å². The van der Waals surface area contributed by atoms with Crippen LogP contribution >= 0.6 is 23.5 Å². The summed E-state index contributed by atoms with van der Waals surface area (Å²) in [7, 11) is -3.27. The van der Waals surface area contributed by atoms with Crippen LogP contribution in [0, 0.1) is 11.6 Å². The number of halogens is 1. The van der Waals surface area contributed by atoms with Gasteiger partial charge in [-0.3, -0.25) is 9.05 Å². The van der Waals surface area contributed by atoms with Gasteiger partial charge in [0.15, 0.2) is 0 Å². The average molecular weight is 317 g/mol. The molecule has 0 aliphatic rings. The van der Waals surface area contributed by atoms with Crippen LogP contribution in [0.5, 0.6) is 0 Å². The van der Waals surface area contributed by atoms with Crippen LogP contribution in [0.2, 0.25) is 0 Å². The molecule has 92 valence electrons. The van der Waals surface area contributed by atoms with Crippen molar-refractivity contribution in [2.24, 2.45) is 0 Å². The molecule has 3 nitrogen and oxygen atoms in total. The van der Waals surface area contributed by atoms with Crippen LogP contribution in [0.3, 0.4) is 0 Å². The van der Waals surface area contributed by atoms with Gasteiger partial charge in [-0.25, -0.2) is 4.57 Å². The summed E-state index contributed by atoms with van der Waals surface area (Å²) in [5.74, 6) is 2.80. The van der Waals surface area contributed by atoms with Gasteiger partial charge in [0, 0.05) is 15.7 Å². The van der Waals surface area contributed by atoms with E-state index in [1.165, 1.54) is 0 Å². The highest BCUT2D eigenvalue weighted by Gasteiger charge is 2.19. The lowest BCUT2D eigenvalue weighted by Crippen LogP contribution is -1.93. The molecule has 0 amide bonds. The molecule has 0 saturated carbocycles. The highest BCUT2D eigenvalue weighted by molar-refractivity contribution is 9.10. The molecule has 0 aliphatic heterocycles. The zero-order chi connectivity index (χ0) is 12.7. The highest BCUT2D eigenvalue weighted by atomic mass is 79.9. The summed E-state index contributed by atoms with van der Waals surface area (Å²) in [6.07, 6.45) is 0. The monoisotopic (exact) mass is 316 g/mol. The van der Waals surface area contributed by atoms with Crippen LogP contribution in [0.4, 0.5) is 0 Å². The Balaban J connectivity index is 2.87. The molecular formula is C12H14BrO3P. The molecule has 0 N–H and O–H groups in total. The normalized spacial score (nSPS) is 10.8. The van der Waals surface area contributed by atoms with Crippen LogP contribution in [0.1, 0.15) is 19.4 Å². The first-order chi connectivity index (χ1) is 8.09. The van der Waals surface area contributed by atoms with Gasteiger partial charge in [0.1, 0.15) is 0 Å². The largest absolute Gasteiger partial charge is 0.405 e. The second kappa shape index (κ2) is 6.98. The fraction of sp³-hybridized carbons (Fsp3) is 0.333. The summed E-state index contributed by atoms with van der Waals surface area (Å²) >= 11 is 3.33. The topological polar surface area (TPSA) is 35.5 Å². The van der Waals surface area contributed by atoms with Crippen molar-refractivity contribution in [3.63, 3.8) is 0 Å². The molecule has 0 atom stereocenters. The van der Waals surface area contributed by atoms with Crippen LogP contribution in [0.15, 0.2) is 28.7 Å². The van der Waals surface area contributed by atoms with E-state index in [1.807, 2.05) is 24.3 Å². The summed E-state index contributed by atoms with van der Waals surface area (Å²) in [6.45, 7) is 4.14. The Hall–Kier alpha value is -0.590. The van der Waals surface area contributed by atoms with E-state index < -0.39 is 7.60 Å². The van der Waals surface area contributed by atoms with E-state index in [4.69, 9.17) is 9.05 Å². The zero-order valence-electron chi connectivity index (χ0n) is 9.77. The van der Waals surface area contributed by atoms with Crippen LogP contribution < -0.4 is 0 Å². The Morgan fingerprint density at radius 3 is 2.18 bits per heavy atom. The van der Waals surface area contributed by atoms with Gasteiger partial charge in [0.25, 0.3) is 0 Å². The molecule has 0 bridgehead atoms. The van der Waals surface area contributed by atoms with Gasteiger partial charge in [-0.15, -0.1) is 0 Å². The number of hydrogen-bond donors (Lipinski definition) is 0. The molecule has 0 spiro atoms. The minimum absolute atomic E-state index is 0.312. The van der Waals surface area contributed by atoms with Crippen molar-refractivity contribution >= 4 is 23.5 Å². The summed E-state index contributed by atoms with van der Waals surface area (Å²) in [6, 6.07) is 7.41. The molecule has 5 heteroatoms. The fourth-order valence-electron chi connectivity index (χ4n) is 1.11. The van der Waals surface area contributed by atoms with Crippen molar-refractivity contribution in [2.45, 2.75) is 13.8 Å². The lowest BCUT2D eigenvalue weighted by molar-refractivity contribution is 0.230. The van der Waals surface area contributed by atoms with Crippen molar-refractivity contribution in [2.75, 3.05) is 13.2 Å². The van der Waals surface area contributed by atoms with Crippen molar-refractivity contribution in [3.05, 3.63) is 34.3 Å². The third-order valence-electron chi connectivity index (χ3n) is 1.78. The molecule has 17 heavy (non-hydrogen) atoms. The molecule has 0 heterocycles. The first kappa shape index (κ1) is 14.5. The van der Waals surface area contributed by atoms with E-state index in [-0.39, 0.29) is 0 Å². The average Bonchev–Trinajstić information content (AvgIpc) is 2.29. The van der Waals surface area contributed by atoms with Gasteiger partial charge in [-0.05, 0) is 38.1 Å². The predicted molar refractivity (Wildman–Crippen MR) is 71.9 cm³/mol. The lowest BCUT2D eigenvalue weighted by atomic mass is 10.2. The quantitative estimate of drug-likeness (QED) is 0.621. The van der Waals surface area contributed by atoms with Gasteiger partial charge < -0.3 is 0 Å². The minimum Gasteiger partial charge on any atom is -0.300 e. The summed E-state index contributed by atoms with van der Waals surface area (Å²) < 4.78 is 23.1.